The van der Waals surface area contributed by atoms with E-state index in [9.17, 15) is 0 Å². The van der Waals surface area contributed by atoms with Crippen LogP contribution in [-0.2, 0) is 0 Å². The van der Waals surface area contributed by atoms with E-state index in [0.717, 1.165) is 0 Å². The molecule has 1 aliphatic rings. The van der Waals surface area contributed by atoms with Crippen LogP contribution in [0, 0.1) is 5.41 Å². The molecule has 126 valence electrons. The van der Waals surface area contributed by atoms with Gasteiger partial charge in [-0.25, -0.2) is 0 Å². The molecule has 3 atom stereocenters. The molecular weight excluding hydrogens is 373 g/mol. The highest BCUT2D eigenvalue weighted by Gasteiger charge is 2.68. The van der Waals surface area contributed by atoms with Crippen LogP contribution in [0.4, 0.5) is 0 Å². The van der Waals surface area contributed by atoms with Gasteiger partial charge in [-0.3, -0.25) is 0 Å². The maximum Gasteiger partial charge on any atom is 0.0442 e. The fraction of sp³-hybridized carbons (Fsp3) is 1.00. The molecule has 0 heterocycles. The van der Waals surface area contributed by atoms with E-state index in [1.54, 1.807) is 0 Å². The Morgan fingerprint density at radius 1 is 0.762 bits per heavy atom. The van der Waals surface area contributed by atoms with Crippen LogP contribution in [0.3, 0.4) is 0 Å². The van der Waals surface area contributed by atoms with Gasteiger partial charge in [0.15, 0.2) is 0 Å². The molecule has 0 bridgehead atoms. The summed E-state index contributed by atoms with van der Waals surface area (Å²) in [6.07, 6.45) is 2.65. The highest BCUT2D eigenvalue weighted by Crippen LogP contribution is 2.73. The predicted octanol–water partition coefficient (Wildman–Crippen LogP) is 7.51. The normalized spacial score (nSPS) is 35.7. The second kappa shape index (κ2) is 9.55. The van der Waals surface area contributed by atoms with Gasteiger partial charge < -0.3 is 0 Å². The van der Waals surface area contributed by atoms with Crippen molar-refractivity contribution in [3.63, 3.8) is 0 Å². The Labute approximate surface area is 156 Å². The SMILES string of the molecule is CCSSCC1(SSCC)CC(C)(SSCC)C1(C)CC. The third-order valence-electron chi connectivity index (χ3n) is 4.69. The lowest BCUT2D eigenvalue weighted by Gasteiger charge is -2.68. The minimum atomic E-state index is 0.432. The van der Waals surface area contributed by atoms with Gasteiger partial charge in [-0.05, 0) is 25.2 Å². The Hall–Kier alpha value is 2.10. The molecule has 1 saturated carbocycles. The van der Waals surface area contributed by atoms with Crippen molar-refractivity contribution in [2.24, 2.45) is 5.41 Å². The largest absolute Gasteiger partial charge is 0.0944 e. The molecular formula is C15H30S6. The maximum atomic E-state index is 2.56. The third kappa shape index (κ3) is 4.39. The summed E-state index contributed by atoms with van der Waals surface area (Å²) < 4.78 is 0.881. The van der Waals surface area contributed by atoms with Crippen molar-refractivity contribution >= 4 is 64.8 Å². The molecule has 6 heteroatoms. The monoisotopic (exact) mass is 402 g/mol. The third-order valence-corrected chi connectivity index (χ3v) is 14.4. The van der Waals surface area contributed by atoms with Gasteiger partial charge in [0.25, 0.3) is 0 Å². The Kier molecular flexibility index (Phi) is 9.61. The van der Waals surface area contributed by atoms with Crippen molar-refractivity contribution in [3.05, 3.63) is 0 Å². The second-order valence-corrected chi connectivity index (χ2v) is 14.5. The second-order valence-electron chi connectivity index (χ2n) is 5.74. The topological polar surface area (TPSA) is 0 Å². The van der Waals surface area contributed by atoms with Gasteiger partial charge in [0, 0.05) is 32.5 Å². The Balaban J connectivity index is 2.86. The molecule has 1 aliphatic carbocycles. The van der Waals surface area contributed by atoms with E-state index >= 15 is 0 Å². The first-order valence-corrected chi connectivity index (χ1v) is 14.9. The fourth-order valence-corrected chi connectivity index (χ4v) is 12.5. The van der Waals surface area contributed by atoms with Crippen LogP contribution in [0.25, 0.3) is 0 Å². The molecule has 0 amide bonds. The molecule has 0 aliphatic heterocycles. The van der Waals surface area contributed by atoms with E-state index in [2.05, 4.69) is 95.5 Å². The van der Waals surface area contributed by atoms with Gasteiger partial charge in [-0.15, -0.1) is 0 Å². The van der Waals surface area contributed by atoms with Crippen molar-refractivity contribution in [2.45, 2.75) is 63.9 Å². The standard InChI is InChI=1S/C15H30S6/c1-7-13(5)14(6,20-17-9-3)11-15(13,21-18-10-4)12-19-16-8-2/h7-12H2,1-6H3. The quantitative estimate of drug-likeness (QED) is 0.257. The molecule has 21 heavy (non-hydrogen) atoms. The zero-order valence-corrected chi connectivity index (χ0v) is 19.1. The van der Waals surface area contributed by atoms with Gasteiger partial charge in [0.05, 0.1) is 0 Å². The van der Waals surface area contributed by atoms with Crippen LogP contribution < -0.4 is 0 Å². The van der Waals surface area contributed by atoms with Crippen LogP contribution >= 0.6 is 64.8 Å². The summed E-state index contributed by atoms with van der Waals surface area (Å²) >= 11 is 0. The summed E-state index contributed by atoms with van der Waals surface area (Å²) in [7, 11) is 12.6. The van der Waals surface area contributed by atoms with Gasteiger partial charge in [0.2, 0.25) is 0 Å². The Morgan fingerprint density at radius 2 is 1.33 bits per heavy atom. The first-order valence-electron chi connectivity index (χ1n) is 7.81. The van der Waals surface area contributed by atoms with Crippen LogP contribution in [0.1, 0.15) is 54.4 Å². The van der Waals surface area contributed by atoms with Crippen LogP contribution in [-0.4, -0.2) is 32.5 Å². The summed E-state index contributed by atoms with van der Waals surface area (Å²) in [5, 5.41) is 0. The Bertz CT molecular complexity index is 313. The smallest absolute Gasteiger partial charge is 0.0442 e. The molecule has 1 rings (SSSR count). The van der Waals surface area contributed by atoms with E-state index in [0.29, 0.717) is 14.9 Å². The highest BCUT2D eigenvalue weighted by atomic mass is 33.1. The molecule has 0 saturated heterocycles. The lowest BCUT2D eigenvalue weighted by Crippen LogP contribution is -2.69. The average Bonchev–Trinajstić information content (AvgIpc) is 2.49. The zero-order valence-electron chi connectivity index (χ0n) is 14.2. The molecule has 0 aromatic carbocycles. The highest BCUT2D eigenvalue weighted by molar-refractivity contribution is 8.79. The van der Waals surface area contributed by atoms with E-state index in [-0.39, 0.29) is 0 Å². The summed E-state index contributed by atoms with van der Waals surface area (Å²) in [6.45, 7) is 14.3. The van der Waals surface area contributed by atoms with Crippen molar-refractivity contribution in [2.75, 3.05) is 23.0 Å². The first kappa shape index (κ1) is 21.1. The molecule has 0 N–H and O–H groups in total. The molecule has 3 unspecified atom stereocenters. The average molecular weight is 403 g/mol. The van der Waals surface area contributed by atoms with E-state index < -0.39 is 0 Å². The van der Waals surface area contributed by atoms with Gasteiger partial charge in [-0.2, -0.15) is 0 Å². The van der Waals surface area contributed by atoms with Crippen molar-refractivity contribution in [3.8, 4) is 0 Å². The lowest BCUT2D eigenvalue weighted by molar-refractivity contribution is 0.0467. The minimum Gasteiger partial charge on any atom is -0.0944 e. The number of hydrogen-bond acceptors (Lipinski definition) is 6. The minimum absolute atomic E-state index is 0.432. The van der Waals surface area contributed by atoms with Crippen LogP contribution in [0.15, 0.2) is 0 Å². The summed E-state index contributed by atoms with van der Waals surface area (Å²) in [5.74, 6) is 4.93. The molecule has 0 radical (unpaired) electrons. The van der Waals surface area contributed by atoms with Crippen molar-refractivity contribution in [1.29, 1.82) is 0 Å². The van der Waals surface area contributed by atoms with Crippen LogP contribution in [0.5, 0.6) is 0 Å². The zero-order chi connectivity index (χ0) is 16.0. The number of hydrogen-bond donors (Lipinski definition) is 0. The van der Waals surface area contributed by atoms with Gasteiger partial charge >= 0.3 is 0 Å². The maximum absolute atomic E-state index is 2.56. The van der Waals surface area contributed by atoms with E-state index in [1.165, 1.54) is 35.9 Å². The predicted molar refractivity (Wildman–Crippen MR) is 116 cm³/mol. The summed E-state index contributed by atoms with van der Waals surface area (Å²) in [6, 6.07) is 0. The van der Waals surface area contributed by atoms with E-state index in [1.807, 2.05) is 10.8 Å². The molecule has 0 spiro atoms. The fourth-order valence-electron chi connectivity index (χ4n) is 3.06. The van der Waals surface area contributed by atoms with Gasteiger partial charge in [-0.1, -0.05) is 99.4 Å². The first-order chi connectivity index (χ1) is 9.95. The molecule has 0 aromatic rings. The number of rotatable bonds is 11. The molecule has 0 aromatic heterocycles. The Morgan fingerprint density at radius 3 is 1.86 bits per heavy atom. The van der Waals surface area contributed by atoms with Crippen LogP contribution in [0.2, 0.25) is 0 Å². The summed E-state index contributed by atoms with van der Waals surface area (Å²) in [5.41, 5.74) is 0.432. The van der Waals surface area contributed by atoms with Crippen molar-refractivity contribution in [1.82, 2.24) is 0 Å². The molecule has 1 fully saturated rings. The molecule has 0 nitrogen and oxygen atoms in total. The lowest BCUT2D eigenvalue weighted by atomic mass is 9.52. The van der Waals surface area contributed by atoms with E-state index in [4.69, 9.17) is 0 Å². The summed E-state index contributed by atoms with van der Waals surface area (Å²) in [4.78, 5) is 0. The van der Waals surface area contributed by atoms with Gasteiger partial charge in [0.1, 0.15) is 0 Å². The van der Waals surface area contributed by atoms with Crippen molar-refractivity contribution < 1.29 is 0 Å².